The van der Waals surface area contributed by atoms with Gasteiger partial charge >= 0.3 is 12.2 Å². The molecule has 0 radical (unpaired) electrons. The van der Waals surface area contributed by atoms with E-state index in [1.807, 2.05) is 24.3 Å². The van der Waals surface area contributed by atoms with Crippen molar-refractivity contribution in [3.8, 4) is 0 Å². The predicted octanol–water partition coefficient (Wildman–Crippen LogP) is 2.59. The number of hydrogen-bond donors (Lipinski definition) is 2. The number of hydrazone groups is 1. The van der Waals surface area contributed by atoms with Crippen LogP contribution in [0, 0.1) is 0 Å². The van der Waals surface area contributed by atoms with Gasteiger partial charge in [0.2, 0.25) is 0 Å². The summed E-state index contributed by atoms with van der Waals surface area (Å²) in [5.41, 5.74) is 4.87. The molecule has 0 saturated heterocycles. The summed E-state index contributed by atoms with van der Waals surface area (Å²) in [5, 5.41) is 5.62. The molecule has 0 spiro atoms. The second-order valence-corrected chi connectivity index (χ2v) is 4.48. The Kier molecular flexibility index (Phi) is 4.26. The number of halogens is 3. The number of aryl methyl sites for hydroxylation is 1. The number of benzene rings is 1. The Labute approximate surface area is 114 Å². The van der Waals surface area contributed by atoms with Crippen molar-refractivity contribution in [2.75, 3.05) is 6.54 Å². The standard InChI is InChI=1S/C13H14F3N3O/c14-13(15,16)8-17-12(20)19-18-11-7-3-5-9-4-1-2-6-10(9)11/h1-2,4,6H,3,5,7-8H2,(H2,17,19,20). The number of urea groups is 1. The number of hydrogen-bond acceptors (Lipinski definition) is 2. The normalized spacial score (nSPS) is 16.6. The quantitative estimate of drug-likeness (QED) is 0.806. The fourth-order valence-electron chi connectivity index (χ4n) is 2.06. The molecule has 4 nitrogen and oxygen atoms in total. The molecule has 0 aliphatic heterocycles. The first-order chi connectivity index (χ1) is 9.46. The average Bonchev–Trinajstić information content (AvgIpc) is 2.42. The second kappa shape index (κ2) is 5.94. The molecule has 0 heterocycles. The summed E-state index contributed by atoms with van der Waals surface area (Å²) in [5.74, 6) is 0. The minimum atomic E-state index is -4.43. The summed E-state index contributed by atoms with van der Waals surface area (Å²) in [6.45, 7) is -1.37. The maximum absolute atomic E-state index is 11.9. The second-order valence-electron chi connectivity index (χ2n) is 4.48. The summed E-state index contributed by atoms with van der Waals surface area (Å²) in [6.07, 6.45) is -1.89. The van der Waals surface area contributed by atoms with Gasteiger partial charge in [0, 0.05) is 5.56 Å². The number of fused-ring (bicyclic) bond motifs is 1. The van der Waals surface area contributed by atoms with Gasteiger partial charge in [0.25, 0.3) is 0 Å². The van der Waals surface area contributed by atoms with Crippen molar-refractivity contribution >= 4 is 11.7 Å². The summed E-state index contributed by atoms with van der Waals surface area (Å²) in [4.78, 5) is 11.2. The first-order valence-electron chi connectivity index (χ1n) is 6.21. The number of rotatable bonds is 2. The number of alkyl halides is 3. The Morgan fingerprint density at radius 3 is 2.75 bits per heavy atom. The van der Waals surface area contributed by atoms with E-state index in [-0.39, 0.29) is 0 Å². The van der Waals surface area contributed by atoms with E-state index in [0.29, 0.717) is 12.1 Å². The number of nitrogens with zero attached hydrogens (tertiary/aromatic N) is 1. The van der Waals surface area contributed by atoms with Crippen LogP contribution in [-0.2, 0) is 6.42 Å². The zero-order valence-corrected chi connectivity index (χ0v) is 10.6. The van der Waals surface area contributed by atoms with Crippen LogP contribution in [0.15, 0.2) is 29.4 Å². The van der Waals surface area contributed by atoms with Gasteiger partial charge in [-0.05, 0) is 24.8 Å². The average molecular weight is 285 g/mol. The van der Waals surface area contributed by atoms with E-state index in [1.165, 1.54) is 0 Å². The summed E-state index contributed by atoms with van der Waals surface area (Å²) < 4.78 is 35.8. The fraction of sp³-hybridized carbons (Fsp3) is 0.385. The van der Waals surface area contributed by atoms with Crippen molar-refractivity contribution in [3.05, 3.63) is 35.4 Å². The molecule has 0 unspecified atom stereocenters. The Balaban J connectivity index is 1.97. The van der Waals surface area contributed by atoms with E-state index in [9.17, 15) is 18.0 Å². The molecule has 108 valence electrons. The van der Waals surface area contributed by atoms with E-state index in [2.05, 4.69) is 10.5 Å². The first-order valence-corrected chi connectivity index (χ1v) is 6.21. The molecule has 20 heavy (non-hydrogen) atoms. The lowest BCUT2D eigenvalue weighted by Crippen LogP contribution is -2.39. The smallest absolute Gasteiger partial charge is 0.328 e. The van der Waals surface area contributed by atoms with E-state index in [0.717, 1.165) is 24.0 Å². The number of amides is 2. The molecule has 1 aromatic carbocycles. The van der Waals surface area contributed by atoms with E-state index in [4.69, 9.17) is 0 Å². The van der Waals surface area contributed by atoms with Crippen LogP contribution in [0.25, 0.3) is 0 Å². The Bertz CT molecular complexity index is 526. The van der Waals surface area contributed by atoms with Crippen LogP contribution in [0.3, 0.4) is 0 Å². The van der Waals surface area contributed by atoms with Gasteiger partial charge in [-0.2, -0.15) is 18.3 Å². The monoisotopic (exact) mass is 285 g/mol. The van der Waals surface area contributed by atoms with Crippen molar-refractivity contribution in [2.45, 2.75) is 25.4 Å². The lowest BCUT2D eigenvalue weighted by atomic mass is 9.90. The maximum Gasteiger partial charge on any atom is 0.405 e. The van der Waals surface area contributed by atoms with Crippen molar-refractivity contribution in [3.63, 3.8) is 0 Å². The molecule has 2 rings (SSSR count). The van der Waals surface area contributed by atoms with Crippen LogP contribution in [0.2, 0.25) is 0 Å². The minimum absolute atomic E-state index is 0.689. The highest BCUT2D eigenvalue weighted by Gasteiger charge is 2.27. The number of carbonyl (C=O) groups is 1. The van der Waals surface area contributed by atoms with Gasteiger partial charge in [0.15, 0.2) is 0 Å². The first kappa shape index (κ1) is 14.4. The zero-order valence-electron chi connectivity index (χ0n) is 10.6. The number of nitrogens with one attached hydrogen (secondary N) is 2. The summed E-state index contributed by atoms with van der Waals surface area (Å²) in [6, 6.07) is 6.70. The molecule has 1 aromatic rings. The van der Waals surface area contributed by atoms with Crippen molar-refractivity contribution < 1.29 is 18.0 Å². The van der Waals surface area contributed by atoms with Crippen molar-refractivity contribution in [2.24, 2.45) is 5.10 Å². The predicted molar refractivity (Wildman–Crippen MR) is 68.5 cm³/mol. The molecular weight excluding hydrogens is 271 g/mol. The van der Waals surface area contributed by atoms with Crippen LogP contribution in [0.1, 0.15) is 24.0 Å². The SMILES string of the molecule is O=C(NCC(F)(F)F)NN=C1CCCc2ccccc21. The van der Waals surface area contributed by atoms with Crippen LogP contribution < -0.4 is 10.7 Å². The zero-order chi connectivity index (χ0) is 14.6. The molecule has 7 heteroatoms. The van der Waals surface area contributed by atoms with E-state index < -0.39 is 18.8 Å². The van der Waals surface area contributed by atoms with Crippen LogP contribution >= 0.6 is 0 Å². The molecule has 0 atom stereocenters. The third-order valence-corrected chi connectivity index (χ3v) is 2.93. The summed E-state index contributed by atoms with van der Waals surface area (Å²) in [7, 11) is 0. The Morgan fingerprint density at radius 1 is 1.25 bits per heavy atom. The van der Waals surface area contributed by atoms with Gasteiger partial charge < -0.3 is 5.32 Å². The van der Waals surface area contributed by atoms with Gasteiger partial charge in [0.1, 0.15) is 6.54 Å². The third kappa shape index (κ3) is 3.97. The molecule has 0 fully saturated rings. The maximum atomic E-state index is 11.9. The molecule has 0 saturated carbocycles. The highest BCUT2D eigenvalue weighted by Crippen LogP contribution is 2.21. The van der Waals surface area contributed by atoms with Crippen LogP contribution in [-0.4, -0.2) is 24.5 Å². The Morgan fingerprint density at radius 2 is 2.00 bits per heavy atom. The highest BCUT2D eigenvalue weighted by atomic mass is 19.4. The lowest BCUT2D eigenvalue weighted by molar-refractivity contribution is -0.122. The van der Waals surface area contributed by atoms with Gasteiger partial charge in [-0.1, -0.05) is 24.3 Å². The lowest BCUT2D eigenvalue weighted by Gasteiger charge is -2.17. The Hall–Kier alpha value is -2.05. The van der Waals surface area contributed by atoms with Gasteiger partial charge in [-0.15, -0.1) is 0 Å². The van der Waals surface area contributed by atoms with Gasteiger partial charge in [0.05, 0.1) is 5.71 Å². The highest BCUT2D eigenvalue weighted by molar-refractivity contribution is 6.03. The largest absolute Gasteiger partial charge is 0.405 e. The molecular formula is C13H14F3N3O. The van der Waals surface area contributed by atoms with Gasteiger partial charge in [-0.25, -0.2) is 10.2 Å². The molecule has 1 aliphatic carbocycles. The van der Waals surface area contributed by atoms with Gasteiger partial charge in [-0.3, -0.25) is 0 Å². The molecule has 0 aromatic heterocycles. The third-order valence-electron chi connectivity index (χ3n) is 2.93. The van der Waals surface area contributed by atoms with E-state index >= 15 is 0 Å². The fourth-order valence-corrected chi connectivity index (χ4v) is 2.06. The molecule has 1 aliphatic rings. The van der Waals surface area contributed by atoms with Crippen LogP contribution in [0.5, 0.6) is 0 Å². The van der Waals surface area contributed by atoms with E-state index in [1.54, 1.807) is 5.32 Å². The van der Waals surface area contributed by atoms with Crippen LogP contribution in [0.4, 0.5) is 18.0 Å². The number of carbonyl (C=O) groups excluding carboxylic acids is 1. The molecule has 2 N–H and O–H groups in total. The molecule has 0 bridgehead atoms. The van der Waals surface area contributed by atoms with Crippen molar-refractivity contribution in [1.82, 2.24) is 10.7 Å². The topological polar surface area (TPSA) is 53.5 Å². The summed E-state index contributed by atoms with van der Waals surface area (Å²) >= 11 is 0. The molecule has 2 amide bonds. The van der Waals surface area contributed by atoms with Crippen molar-refractivity contribution in [1.29, 1.82) is 0 Å². The minimum Gasteiger partial charge on any atom is -0.328 e.